The Morgan fingerprint density at radius 1 is 0.200 bits per heavy atom. The largest absolute Gasteiger partial charge is 2.00 e. The van der Waals surface area contributed by atoms with Crippen LogP contribution in [0.25, 0.3) is 0 Å². The first-order valence-electron chi connectivity index (χ1n) is 36.1. The van der Waals surface area contributed by atoms with Crippen LogP contribution in [0.2, 0.25) is 0 Å². The van der Waals surface area contributed by atoms with Crippen LogP contribution < -0.4 is 74.4 Å². The van der Waals surface area contributed by atoms with Gasteiger partial charge in [-0.3, -0.25) is 0 Å². The van der Waals surface area contributed by atoms with Crippen LogP contribution in [0.15, 0.2) is 294 Å². The molecular weight excluding hydrogens is 2350 g/mol. The zero-order valence-corrected chi connectivity index (χ0v) is 99.6. The van der Waals surface area contributed by atoms with Gasteiger partial charge >= 0.3 is 129 Å². The molecular formula is C72H90Cu3N42S14Zn4. The Bertz CT molecular complexity index is 4520. The molecule has 0 bridgehead atoms. The van der Waals surface area contributed by atoms with Gasteiger partial charge in [0.15, 0.2) is 0 Å². The molecule has 0 aliphatic rings. The third-order valence-electron chi connectivity index (χ3n) is 11.4. The maximum Gasteiger partial charge on any atom is 2.00 e. The zero-order valence-electron chi connectivity index (χ0n) is 73.5. The van der Waals surface area contributed by atoms with Gasteiger partial charge in [0.2, 0.25) is 0 Å². The molecule has 0 amide bonds. The molecule has 0 heterocycles. The summed E-state index contributed by atoms with van der Waals surface area (Å²) in [7, 11) is 10.00. The quantitative estimate of drug-likeness (QED) is 0.00961. The number of anilines is 3. The van der Waals surface area contributed by atoms with Gasteiger partial charge in [-0.05, 0) is 125 Å². The monoisotopic (exact) mass is 2430 g/mol. The van der Waals surface area contributed by atoms with Gasteiger partial charge in [0, 0.05) is 108 Å². The van der Waals surface area contributed by atoms with Crippen LogP contribution >= 0.6 is 0 Å². The average Bonchev–Trinajstić information content (AvgIpc) is 0.958. The number of hydrogen-bond donors (Lipinski definition) is 14. The molecule has 0 aromatic heterocycles. The van der Waals surface area contributed by atoms with Gasteiger partial charge in [0.05, 0.1) is 87.0 Å². The predicted molar refractivity (Wildman–Crippen MR) is 578 cm³/mol. The summed E-state index contributed by atoms with van der Waals surface area (Å²) in [5, 5.41) is 146. The van der Waals surface area contributed by atoms with Gasteiger partial charge in [-0.15, -0.1) is 0 Å². The summed E-state index contributed by atoms with van der Waals surface area (Å²) in [6, 6.07) is 48.2. The fourth-order valence-corrected chi connectivity index (χ4v) is 7.70. The Balaban J connectivity index is -0.000000195. The molecule has 0 fully saturated rings. The Kier molecular flexibility index (Phi) is 114. The molecule has 0 saturated heterocycles. The maximum absolute atomic E-state index is 5.00. The van der Waals surface area contributed by atoms with Gasteiger partial charge < -0.3 is 251 Å². The summed E-state index contributed by atoms with van der Waals surface area (Å²) in [5.74, 6) is 0. The summed E-state index contributed by atoms with van der Waals surface area (Å²) < 4.78 is 0. The van der Waals surface area contributed by atoms with Gasteiger partial charge in [-0.2, -0.15) is 143 Å². The molecule has 713 valence electrons. The topological polar surface area (TPSA) is 515 Å². The van der Waals surface area contributed by atoms with E-state index in [0.717, 1.165) is 41.3 Å². The van der Waals surface area contributed by atoms with Crippen molar-refractivity contribution in [3.05, 3.63) is 163 Å². The second-order valence-electron chi connectivity index (χ2n) is 20.6. The van der Waals surface area contributed by atoms with Crippen molar-refractivity contribution in [2.45, 2.75) is 33.9 Å². The smallest absolute Gasteiger partial charge is 0.741 e. The van der Waals surface area contributed by atoms with Crippen molar-refractivity contribution in [1.29, 1.82) is 0 Å². The normalized spacial score (nSPS) is 12.5. The molecule has 5 rings (SSSR count). The van der Waals surface area contributed by atoms with Gasteiger partial charge in [-0.25, -0.2) is 0 Å². The van der Waals surface area contributed by atoms with Gasteiger partial charge in [-0.1, -0.05) is 115 Å². The van der Waals surface area contributed by atoms with Crippen LogP contribution in [0.5, 0.6) is 0 Å². The molecule has 5 aromatic rings. The minimum Gasteiger partial charge on any atom is -0.741 e. The number of amidine groups is 14. The van der Waals surface area contributed by atoms with Crippen LogP contribution in [0, 0.1) is 0 Å². The Morgan fingerprint density at radius 2 is 0.333 bits per heavy atom. The molecule has 0 saturated carbocycles. The van der Waals surface area contributed by atoms with Crippen LogP contribution in [-0.2, 0) is 319 Å². The van der Waals surface area contributed by atoms with Crippen molar-refractivity contribution in [3.8, 4) is 0 Å². The molecule has 0 unspecified atom stereocenters. The third-order valence-corrected chi connectivity index (χ3v) is 14.8. The number of nitrogens with zero attached hydrogens (tertiary/aromatic N) is 28. The van der Waals surface area contributed by atoms with Crippen molar-refractivity contribution in [2.24, 2.45) is 143 Å². The number of rotatable bonds is 31. The first kappa shape index (κ1) is 144. The van der Waals surface area contributed by atoms with Crippen molar-refractivity contribution in [3.63, 3.8) is 0 Å². The minimum absolute atomic E-state index is 0. The summed E-state index contributed by atoms with van der Waals surface area (Å²) in [6.07, 6.45) is 19.1. The first-order chi connectivity index (χ1) is 62.0. The van der Waals surface area contributed by atoms with E-state index < -0.39 is 0 Å². The second kappa shape index (κ2) is 107. The number of hydrogen-bond acceptors (Lipinski definition) is 42. The van der Waals surface area contributed by atoms with Crippen molar-refractivity contribution in [1.82, 2.24) is 58.5 Å². The van der Waals surface area contributed by atoms with Crippen LogP contribution in [0.4, 0.5) is 17.1 Å². The SMILES string of the molecule is CCNC([S-])=NN=CC=NN=C([S-])NC.CCNC([S-])=NN=CC=NN=C([S-])NC.CCNC([S-])=NN=CC=NN=C([S-])Nc1ccccc1.CNC([S-])=NN=CC=NN=C([S-])NCc1ccccc1.CNC([S-])=NN=CC=NN=C([S-])NCc1ccccc1.CNC([S-])=NN=CC=NN=C([S-])Nc1ccccc1.CNC([S-])=NN=CC=NN=C([S-])Nc1ccccc1.[Cu+2].[Cu+2].[Cu+2].[Zn+2].[Zn+2].[Zn+2].[Zn+2]. The van der Waals surface area contributed by atoms with E-state index in [4.69, 9.17) is 177 Å². The zero-order chi connectivity index (χ0) is 94.8. The fraction of sp³-hybridized carbons (Fsp3) is 0.194. The summed E-state index contributed by atoms with van der Waals surface area (Å²) in [5.41, 5.74) is 4.81. The molecule has 63 heteroatoms. The molecule has 5 aromatic carbocycles. The number of nitrogens with one attached hydrogen (secondary N) is 14. The van der Waals surface area contributed by atoms with Gasteiger partial charge in [0.1, 0.15) is 0 Å². The standard InChI is InChI=1S/3C12H16N6S2.2C11H14N6S2.2C7H14N6S2.3Cu.4Zn/c2*1-13-11(19)17-15-7-8-16-18-12(20)14-9-10-5-3-2-4-6-10;1-2-13-11(19)17-14-8-9-15-18-12(20)16-10-6-4-3-5-7-10;2*1-12-10(18)16-13-7-8-14-17-11(19)15-9-5-3-2-4-6-9;2*1-3-9-7(15)13-11-5-4-10-12-6(14)8-2;;;;;;;/h2*2-8H,9H2,1H3,(H2,13,17,19)(H2,14,18,20);3-9H,2H2,1H3,(H2,13,17,19)(H2,16,18,20);2*2-8H,1H3,(H2,12,16,18)(H2,15,17,19);2*4-5H,3H2,1-2H3,(H2,8,12,14)(H2,9,13,15);;;;;;;/q;;;;;;;7*+2/p-14. The van der Waals surface area contributed by atoms with Crippen LogP contribution in [0.3, 0.4) is 0 Å². The van der Waals surface area contributed by atoms with E-state index in [1.807, 2.05) is 172 Å². The number of benzene rings is 5. The van der Waals surface area contributed by atoms with Crippen molar-refractivity contribution < 1.29 is 129 Å². The third kappa shape index (κ3) is 101. The van der Waals surface area contributed by atoms with Crippen LogP contribution in [0.1, 0.15) is 31.9 Å². The van der Waals surface area contributed by atoms with E-state index in [1.54, 1.807) is 42.3 Å². The second-order valence-corrected chi connectivity index (χ2v) is 26.0. The Labute approximate surface area is 947 Å². The molecule has 0 spiro atoms. The van der Waals surface area contributed by atoms with Crippen molar-refractivity contribution >= 4 is 353 Å². The number of para-hydroxylation sites is 3. The molecule has 0 aliphatic heterocycles. The first-order valence-corrected chi connectivity index (χ1v) is 41.9. The van der Waals surface area contributed by atoms with E-state index in [-0.39, 0.29) is 145 Å². The van der Waals surface area contributed by atoms with Crippen LogP contribution in [-0.4, -0.2) is 221 Å². The maximum atomic E-state index is 5.00. The van der Waals surface area contributed by atoms with Gasteiger partial charge in [0.25, 0.3) is 0 Å². The van der Waals surface area contributed by atoms with E-state index >= 15 is 0 Å². The Morgan fingerprint density at radius 3 is 0.481 bits per heavy atom. The van der Waals surface area contributed by atoms with E-state index in [9.17, 15) is 0 Å². The fourth-order valence-electron chi connectivity index (χ4n) is 6.11. The van der Waals surface area contributed by atoms with Crippen molar-refractivity contribution in [2.75, 3.05) is 77.9 Å². The summed E-state index contributed by atoms with van der Waals surface area (Å²) >= 11 is 67.9. The van der Waals surface area contributed by atoms with E-state index in [1.165, 1.54) is 87.0 Å². The summed E-state index contributed by atoms with van der Waals surface area (Å²) in [6.45, 7) is 9.13. The minimum atomic E-state index is 0. The molecule has 0 aliphatic carbocycles. The predicted octanol–water partition coefficient (Wildman–Crippen LogP) is 4.39. The molecule has 135 heavy (non-hydrogen) atoms. The summed E-state index contributed by atoms with van der Waals surface area (Å²) in [4.78, 5) is 0. The molecule has 0 atom stereocenters. The van der Waals surface area contributed by atoms with E-state index in [2.05, 4.69) is 217 Å². The Hall–Kier alpha value is -8.81. The molecule has 42 nitrogen and oxygen atoms in total. The van der Waals surface area contributed by atoms with E-state index in [0.29, 0.717) is 76.5 Å². The molecule has 3 radical (unpaired) electrons. The average molecular weight is 2440 g/mol. The molecule has 14 N–H and O–H groups in total.